The molecule has 0 radical (unpaired) electrons. The number of aryl methyl sites for hydroxylation is 1. The van der Waals surface area contributed by atoms with Crippen molar-refractivity contribution in [2.24, 2.45) is 4.99 Å². The minimum Gasteiger partial charge on any atom is -0.324 e. The number of carbonyl (C=O) groups is 1. The summed E-state index contributed by atoms with van der Waals surface area (Å²) in [6.45, 7) is 0. The lowest BCUT2D eigenvalue weighted by Crippen LogP contribution is -2.25. The molecule has 1 amide bonds. The van der Waals surface area contributed by atoms with Crippen molar-refractivity contribution >= 4 is 39.9 Å². The molecule has 33 heavy (non-hydrogen) atoms. The first-order chi connectivity index (χ1) is 16.0. The zero-order valence-electron chi connectivity index (χ0n) is 17.5. The average molecular weight is 463 g/mol. The van der Waals surface area contributed by atoms with Gasteiger partial charge in [0.05, 0.1) is 22.4 Å². The number of carbonyl (C=O) groups excluding carboxylic acids is 1. The third kappa shape index (κ3) is 4.32. The van der Waals surface area contributed by atoms with Gasteiger partial charge in [-0.25, -0.2) is 9.18 Å². The summed E-state index contributed by atoms with van der Waals surface area (Å²) >= 11 is 6.26. The molecule has 8 heteroatoms. The quantitative estimate of drug-likeness (QED) is 0.396. The fourth-order valence-electron chi connectivity index (χ4n) is 4.11. The van der Waals surface area contributed by atoms with E-state index in [4.69, 9.17) is 16.6 Å². The predicted octanol–water partition coefficient (Wildman–Crippen LogP) is 4.83. The van der Waals surface area contributed by atoms with E-state index in [0.717, 1.165) is 5.56 Å². The van der Waals surface area contributed by atoms with Gasteiger partial charge in [0.1, 0.15) is 11.9 Å². The maximum absolute atomic E-state index is 14.0. The number of aromatic amines is 2. The molecule has 3 N–H and O–H groups in total. The lowest BCUT2D eigenvalue weighted by molar-refractivity contribution is -0.117. The summed E-state index contributed by atoms with van der Waals surface area (Å²) in [6, 6.07) is 16.7. The maximum Gasteiger partial charge on any atom is 0.323 e. The summed E-state index contributed by atoms with van der Waals surface area (Å²) in [6.07, 6.45) is 1.56. The van der Waals surface area contributed by atoms with Gasteiger partial charge in [0.2, 0.25) is 5.91 Å². The molecule has 0 aliphatic carbocycles. The van der Waals surface area contributed by atoms with E-state index in [1.54, 1.807) is 42.5 Å². The molecule has 6 nitrogen and oxygen atoms in total. The third-order valence-corrected chi connectivity index (χ3v) is 5.99. The minimum absolute atomic E-state index is 0.224. The molecule has 1 aliphatic rings. The Morgan fingerprint density at radius 1 is 0.970 bits per heavy atom. The summed E-state index contributed by atoms with van der Waals surface area (Å²) in [5.41, 5.74) is 4.31. The van der Waals surface area contributed by atoms with Crippen LogP contribution >= 0.6 is 11.6 Å². The van der Waals surface area contributed by atoms with Crippen LogP contribution in [0.4, 0.5) is 10.1 Å². The van der Waals surface area contributed by atoms with Gasteiger partial charge < -0.3 is 15.3 Å². The number of aromatic nitrogens is 2. The first-order valence-electron chi connectivity index (χ1n) is 10.6. The number of H-pyrrole nitrogens is 2. The molecule has 1 atom stereocenters. The van der Waals surface area contributed by atoms with Crippen LogP contribution in [0.3, 0.4) is 0 Å². The normalized spacial score (nSPS) is 15.6. The first-order valence-corrected chi connectivity index (χ1v) is 11.0. The molecule has 0 saturated carbocycles. The van der Waals surface area contributed by atoms with E-state index in [-0.39, 0.29) is 17.4 Å². The number of aliphatic imine (C=N–C) groups is 1. The molecular formula is C25H20ClFN4O2. The number of benzene rings is 3. The van der Waals surface area contributed by atoms with Crippen molar-refractivity contribution < 1.29 is 9.18 Å². The Labute approximate surface area is 193 Å². The number of hydrogen-bond acceptors (Lipinski definition) is 3. The van der Waals surface area contributed by atoms with Gasteiger partial charge in [-0.15, -0.1) is 0 Å². The fraction of sp³-hybridized carbons (Fsp3) is 0.160. The van der Waals surface area contributed by atoms with E-state index in [1.807, 2.05) is 12.1 Å². The molecule has 166 valence electrons. The average Bonchev–Trinajstić information content (AvgIpc) is 3.11. The van der Waals surface area contributed by atoms with E-state index in [0.29, 0.717) is 57.8 Å². The van der Waals surface area contributed by atoms with Crippen LogP contribution in [-0.4, -0.2) is 27.6 Å². The molecule has 3 aromatic carbocycles. The maximum atomic E-state index is 14.0. The van der Waals surface area contributed by atoms with E-state index in [9.17, 15) is 14.0 Å². The largest absolute Gasteiger partial charge is 0.324 e. The molecule has 5 rings (SSSR count). The Bertz CT molecular complexity index is 1460. The van der Waals surface area contributed by atoms with Crippen LogP contribution in [0.5, 0.6) is 0 Å². The molecule has 0 fully saturated rings. The summed E-state index contributed by atoms with van der Waals surface area (Å²) in [5, 5.41) is 3.47. The second-order valence-corrected chi connectivity index (χ2v) is 8.43. The first kappa shape index (κ1) is 21.2. The van der Waals surface area contributed by atoms with Gasteiger partial charge in [-0.1, -0.05) is 35.9 Å². The Hall–Kier alpha value is -3.71. The molecular weight excluding hydrogens is 443 g/mol. The summed E-state index contributed by atoms with van der Waals surface area (Å²) in [4.78, 5) is 35.0. The smallest absolute Gasteiger partial charge is 0.323 e. The molecule has 0 bridgehead atoms. The van der Waals surface area contributed by atoms with Crippen molar-refractivity contribution in [1.82, 2.24) is 9.97 Å². The number of hydrogen-bond donors (Lipinski definition) is 3. The van der Waals surface area contributed by atoms with Gasteiger partial charge in [0, 0.05) is 16.1 Å². The van der Waals surface area contributed by atoms with Crippen molar-refractivity contribution in [3.63, 3.8) is 0 Å². The van der Waals surface area contributed by atoms with Crippen molar-refractivity contribution in [2.75, 3.05) is 5.32 Å². The van der Waals surface area contributed by atoms with E-state index >= 15 is 0 Å². The standard InChI is InChI=1S/C25H20ClFN4O2/c26-16-9-11-19-17(13-16)23(15-8-10-20-22(12-15)31-25(33)30-20)28-21(24(32)29-19)7-3-5-14-4-1-2-6-18(14)27/h1-2,4,6,8-13,21H,3,5,7H2,(H,29,32)(H2,30,31,33). The van der Waals surface area contributed by atoms with Gasteiger partial charge >= 0.3 is 5.69 Å². The minimum atomic E-state index is -0.654. The second-order valence-electron chi connectivity index (χ2n) is 8.00. The number of imidazole rings is 1. The van der Waals surface area contributed by atoms with E-state index in [1.165, 1.54) is 6.07 Å². The summed E-state index contributed by atoms with van der Waals surface area (Å²) in [5.74, 6) is -0.471. The number of rotatable bonds is 5. The van der Waals surface area contributed by atoms with Crippen molar-refractivity contribution in [3.8, 4) is 0 Å². The zero-order chi connectivity index (χ0) is 22.9. The van der Waals surface area contributed by atoms with E-state index < -0.39 is 6.04 Å². The van der Waals surface area contributed by atoms with Crippen LogP contribution in [0.2, 0.25) is 5.02 Å². The molecule has 1 aromatic heterocycles. The van der Waals surface area contributed by atoms with Gasteiger partial charge in [-0.05, 0) is 61.2 Å². The molecule has 0 saturated heterocycles. The number of benzodiazepines with no additional fused rings is 1. The van der Waals surface area contributed by atoms with Gasteiger partial charge in [0.15, 0.2) is 0 Å². The Balaban J connectivity index is 1.51. The lowest BCUT2D eigenvalue weighted by Gasteiger charge is -2.11. The Morgan fingerprint density at radius 3 is 2.64 bits per heavy atom. The summed E-state index contributed by atoms with van der Waals surface area (Å²) in [7, 11) is 0. The van der Waals surface area contributed by atoms with Crippen molar-refractivity contribution in [3.05, 3.63) is 98.7 Å². The predicted molar refractivity (Wildman–Crippen MR) is 128 cm³/mol. The molecule has 2 heterocycles. The molecule has 1 aliphatic heterocycles. The van der Waals surface area contributed by atoms with Crippen molar-refractivity contribution in [1.29, 1.82) is 0 Å². The van der Waals surface area contributed by atoms with Gasteiger partial charge in [-0.3, -0.25) is 9.79 Å². The topological polar surface area (TPSA) is 90.1 Å². The molecule has 4 aromatic rings. The number of amides is 1. The highest BCUT2D eigenvalue weighted by atomic mass is 35.5. The highest BCUT2D eigenvalue weighted by molar-refractivity contribution is 6.32. The van der Waals surface area contributed by atoms with Gasteiger partial charge in [0.25, 0.3) is 0 Å². The van der Waals surface area contributed by atoms with Crippen molar-refractivity contribution in [2.45, 2.75) is 25.3 Å². The molecule has 1 unspecified atom stereocenters. The van der Waals surface area contributed by atoms with Crippen LogP contribution in [-0.2, 0) is 11.2 Å². The van der Waals surface area contributed by atoms with Crippen LogP contribution in [0.25, 0.3) is 11.0 Å². The van der Waals surface area contributed by atoms with Crippen LogP contribution in [0.1, 0.15) is 29.5 Å². The number of halogens is 2. The van der Waals surface area contributed by atoms with Crippen LogP contribution in [0, 0.1) is 5.82 Å². The third-order valence-electron chi connectivity index (χ3n) is 5.75. The van der Waals surface area contributed by atoms with Crippen LogP contribution in [0.15, 0.2) is 70.5 Å². The fourth-order valence-corrected chi connectivity index (χ4v) is 4.29. The Kier molecular flexibility index (Phi) is 5.56. The lowest BCUT2D eigenvalue weighted by atomic mass is 10.00. The van der Waals surface area contributed by atoms with Crippen LogP contribution < -0.4 is 11.0 Å². The SMILES string of the molecule is O=C1Nc2ccc(Cl)cc2C(c2ccc3[nH]c(=O)[nH]c3c2)=NC1CCCc1ccccc1F. The zero-order valence-corrected chi connectivity index (χ0v) is 18.2. The highest BCUT2D eigenvalue weighted by Crippen LogP contribution is 2.29. The summed E-state index contributed by atoms with van der Waals surface area (Å²) < 4.78 is 14.0. The van der Waals surface area contributed by atoms with Gasteiger partial charge in [-0.2, -0.15) is 0 Å². The Morgan fingerprint density at radius 2 is 1.79 bits per heavy atom. The number of nitrogens with one attached hydrogen (secondary N) is 3. The number of nitrogens with zero attached hydrogens (tertiary/aromatic N) is 1. The monoisotopic (exact) mass is 462 g/mol. The highest BCUT2D eigenvalue weighted by Gasteiger charge is 2.26. The number of fused-ring (bicyclic) bond motifs is 2. The van der Waals surface area contributed by atoms with E-state index in [2.05, 4.69) is 15.3 Å². The molecule has 0 spiro atoms. The number of anilines is 1. The second kappa shape index (κ2) is 8.67.